The standard InChI is InChI=1S/C10H16N2O/c1-9(2)5-6-10(9,13)8-4-7-11-12(8)3/h4,7,13H,5-6H2,1-3H3. The van der Waals surface area contributed by atoms with Crippen LogP contribution in [0.2, 0.25) is 0 Å². The summed E-state index contributed by atoms with van der Waals surface area (Å²) in [5, 5.41) is 14.5. The Hall–Kier alpha value is -0.830. The van der Waals surface area contributed by atoms with Gasteiger partial charge in [0.25, 0.3) is 0 Å². The fourth-order valence-corrected chi connectivity index (χ4v) is 2.12. The van der Waals surface area contributed by atoms with Crippen molar-refractivity contribution in [2.24, 2.45) is 12.5 Å². The average molecular weight is 180 g/mol. The fraction of sp³-hybridized carbons (Fsp3) is 0.700. The summed E-state index contributed by atoms with van der Waals surface area (Å²) in [6.45, 7) is 4.20. The highest BCUT2D eigenvalue weighted by Crippen LogP contribution is 2.55. The van der Waals surface area contributed by atoms with E-state index >= 15 is 0 Å². The van der Waals surface area contributed by atoms with Crippen molar-refractivity contribution in [2.45, 2.75) is 32.3 Å². The quantitative estimate of drug-likeness (QED) is 0.710. The predicted octanol–water partition coefficient (Wildman–Crippen LogP) is 1.43. The largest absolute Gasteiger partial charge is 0.383 e. The lowest BCUT2D eigenvalue weighted by molar-refractivity contribution is -0.161. The van der Waals surface area contributed by atoms with Crippen LogP contribution in [0.25, 0.3) is 0 Å². The van der Waals surface area contributed by atoms with Crippen molar-refractivity contribution in [2.75, 3.05) is 0 Å². The molecule has 0 saturated heterocycles. The minimum absolute atomic E-state index is 0.0131. The number of rotatable bonds is 1. The number of aliphatic hydroxyl groups is 1. The Labute approximate surface area is 78.4 Å². The smallest absolute Gasteiger partial charge is 0.111 e. The molecule has 3 nitrogen and oxygen atoms in total. The van der Waals surface area contributed by atoms with Crippen LogP contribution < -0.4 is 0 Å². The monoisotopic (exact) mass is 180 g/mol. The van der Waals surface area contributed by atoms with Crippen molar-refractivity contribution < 1.29 is 5.11 Å². The van der Waals surface area contributed by atoms with E-state index in [1.165, 1.54) is 0 Å². The summed E-state index contributed by atoms with van der Waals surface area (Å²) in [7, 11) is 1.88. The molecule has 2 rings (SSSR count). The summed E-state index contributed by atoms with van der Waals surface area (Å²) in [4.78, 5) is 0. The number of nitrogens with zero attached hydrogens (tertiary/aromatic N) is 2. The molecule has 1 N–H and O–H groups in total. The summed E-state index contributed by atoms with van der Waals surface area (Å²) in [6, 6.07) is 1.90. The van der Waals surface area contributed by atoms with Gasteiger partial charge in [0, 0.05) is 13.2 Å². The average Bonchev–Trinajstić information content (AvgIpc) is 2.48. The van der Waals surface area contributed by atoms with E-state index in [1.54, 1.807) is 10.9 Å². The van der Waals surface area contributed by atoms with Gasteiger partial charge in [-0.05, 0) is 24.3 Å². The molecular weight excluding hydrogens is 164 g/mol. The summed E-state index contributed by atoms with van der Waals surface area (Å²) in [5.41, 5.74) is 0.253. The lowest BCUT2D eigenvalue weighted by Crippen LogP contribution is -2.52. The molecule has 1 saturated carbocycles. The first-order valence-corrected chi connectivity index (χ1v) is 4.68. The van der Waals surface area contributed by atoms with Crippen molar-refractivity contribution in [1.82, 2.24) is 9.78 Å². The van der Waals surface area contributed by atoms with Crippen LogP contribution in [-0.4, -0.2) is 14.9 Å². The van der Waals surface area contributed by atoms with Crippen LogP contribution in [0, 0.1) is 5.41 Å². The normalized spacial score (nSPS) is 31.4. The molecule has 13 heavy (non-hydrogen) atoms. The van der Waals surface area contributed by atoms with Gasteiger partial charge >= 0.3 is 0 Å². The molecule has 1 aromatic rings. The van der Waals surface area contributed by atoms with E-state index in [9.17, 15) is 5.11 Å². The molecule has 0 bridgehead atoms. The van der Waals surface area contributed by atoms with Gasteiger partial charge in [-0.2, -0.15) is 5.10 Å². The zero-order valence-electron chi connectivity index (χ0n) is 8.41. The lowest BCUT2D eigenvalue weighted by atomic mass is 9.57. The Kier molecular flexibility index (Phi) is 1.58. The molecule has 0 aromatic carbocycles. The number of hydrogen-bond acceptors (Lipinski definition) is 2. The van der Waals surface area contributed by atoms with Crippen molar-refractivity contribution in [3.8, 4) is 0 Å². The van der Waals surface area contributed by atoms with E-state index in [2.05, 4.69) is 18.9 Å². The highest BCUT2D eigenvalue weighted by molar-refractivity contribution is 5.20. The number of aryl methyl sites for hydroxylation is 1. The summed E-state index contributed by atoms with van der Waals surface area (Å²) in [5.74, 6) is 0. The van der Waals surface area contributed by atoms with Crippen LogP contribution >= 0.6 is 0 Å². The molecule has 3 heteroatoms. The Morgan fingerprint density at radius 1 is 1.46 bits per heavy atom. The summed E-state index contributed by atoms with van der Waals surface area (Å²) >= 11 is 0. The highest BCUT2D eigenvalue weighted by atomic mass is 16.3. The molecule has 0 radical (unpaired) electrons. The van der Waals surface area contributed by atoms with Gasteiger partial charge in [0.05, 0.1) is 5.69 Å². The van der Waals surface area contributed by atoms with Crippen molar-refractivity contribution in [1.29, 1.82) is 0 Å². The van der Waals surface area contributed by atoms with Crippen LogP contribution in [0.3, 0.4) is 0 Å². The second kappa shape index (κ2) is 2.35. The first-order chi connectivity index (χ1) is 5.97. The minimum Gasteiger partial charge on any atom is -0.383 e. The second-order valence-corrected chi connectivity index (χ2v) is 4.58. The number of aromatic nitrogens is 2. The third kappa shape index (κ3) is 0.967. The van der Waals surface area contributed by atoms with Crippen LogP contribution in [-0.2, 0) is 12.6 Å². The lowest BCUT2D eigenvalue weighted by Gasteiger charge is -2.52. The molecule has 0 spiro atoms. The van der Waals surface area contributed by atoms with E-state index in [1.807, 2.05) is 13.1 Å². The molecule has 1 atom stereocenters. The van der Waals surface area contributed by atoms with Gasteiger partial charge in [0.1, 0.15) is 5.60 Å². The number of hydrogen-bond donors (Lipinski definition) is 1. The Morgan fingerprint density at radius 3 is 2.46 bits per heavy atom. The highest BCUT2D eigenvalue weighted by Gasteiger charge is 2.54. The molecule has 1 aliphatic carbocycles. The maximum absolute atomic E-state index is 10.4. The minimum atomic E-state index is -0.668. The van der Waals surface area contributed by atoms with Gasteiger partial charge < -0.3 is 5.11 Å². The molecule has 1 fully saturated rings. The Bertz CT molecular complexity index is 329. The SMILES string of the molecule is Cn1nccc1C1(O)CCC1(C)C. The van der Waals surface area contributed by atoms with E-state index in [-0.39, 0.29) is 5.41 Å². The third-order valence-electron chi connectivity index (χ3n) is 3.48. The van der Waals surface area contributed by atoms with Gasteiger partial charge in [-0.25, -0.2) is 0 Å². The van der Waals surface area contributed by atoms with Gasteiger partial charge in [0.15, 0.2) is 0 Å². The van der Waals surface area contributed by atoms with Gasteiger partial charge in [-0.15, -0.1) is 0 Å². The van der Waals surface area contributed by atoms with E-state index in [4.69, 9.17) is 0 Å². The summed E-state index contributed by atoms with van der Waals surface area (Å²) in [6.07, 6.45) is 3.66. The maximum atomic E-state index is 10.4. The zero-order chi connectivity index (χ0) is 9.69. The van der Waals surface area contributed by atoms with Crippen molar-refractivity contribution in [3.63, 3.8) is 0 Å². The Balaban J connectivity index is 2.42. The molecule has 1 heterocycles. The molecule has 1 unspecified atom stereocenters. The predicted molar refractivity (Wildman–Crippen MR) is 50.1 cm³/mol. The molecule has 1 aromatic heterocycles. The molecule has 1 aliphatic rings. The van der Waals surface area contributed by atoms with E-state index < -0.39 is 5.60 Å². The van der Waals surface area contributed by atoms with Gasteiger partial charge in [0.2, 0.25) is 0 Å². The topological polar surface area (TPSA) is 38.0 Å². The molecule has 0 amide bonds. The van der Waals surface area contributed by atoms with Gasteiger partial charge in [-0.3, -0.25) is 4.68 Å². The molecule has 0 aliphatic heterocycles. The zero-order valence-corrected chi connectivity index (χ0v) is 8.41. The van der Waals surface area contributed by atoms with Crippen molar-refractivity contribution >= 4 is 0 Å². The van der Waals surface area contributed by atoms with E-state index in [0.717, 1.165) is 18.5 Å². The van der Waals surface area contributed by atoms with Crippen LogP contribution in [0.5, 0.6) is 0 Å². The van der Waals surface area contributed by atoms with E-state index in [0.29, 0.717) is 0 Å². The Morgan fingerprint density at radius 2 is 2.15 bits per heavy atom. The first kappa shape index (κ1) is 8.75. The maximum Gasteiger partial charge on any atom is 0.111 e. The van der Waals surface area contributed by atoms with Crippen LogP contribution in [0.4, 0.5) is 0 Å². The second-order valence-electron chi connectivity index (χ2n) is 4.58. The van der Waals surface area contributed by atoms with Gasteiger partial charge in [-0.1, -0.05) is 13.8 Å². The van der Waals surface area contributed by atoms with Crippen LogP contribution in [0.1, 0.15) is 32.4 Å². The fourth-order valence-electron chi connectivity index (χ4n) is 2.12. The molecular formula is C10H16N2O. The first-order valence-electron chi connectivity index (χ1n) is 4.68. The third-order valence-corrected chi connectivity index (χ3v) is 3.48. The molecule has 72 valence electrons. The summed E-state index contributed by atoms with van der Waals surface area (Å²) < 4.78 is 1.76. The van der Waals surface area contributed by atoms with Crippen molar-refractivity contribution in [3.05, 3.63) is 18.0 Å². The van der Waals surface area contributed by atoms with Crippen LogP contribution in [0.15, 0.2) is 12.3 Å².